The maximum absolute atomic E-state index is 9.79. The number of hydrogen-bond donors (Lipinski definition) is 1. The Morgan fingerprint density at radius 1 is 1.12 bits per heavy atom. The van der Waals surface area contributed by atoms with Gasteiger partial charge < -0.3 is 5.11 Å². The number of alkyl halides is 1. The summed E-state index contributed by atoms with van der Waals surface area (Å²) in [6, 6.07) is 11.5. The summed E-state index contributed by atoms with van der Waals surface area (Å²) in [5, 5.41) is 12.8. The Labute approximate surface area is 103 Å². The summed E-state index contributed by atoms with van der Waals surface area (Å²) in [5.41, 5.74) is 0.721. The molecule has 2 aromatic carbocycles. The van der Waals surface area contributed by atoms with E-state index >= 15 is 0 Å². The van der Waals surface area contributed by atoms with Gasteiger partial charge in [0.25, 0.3) is 0 Å². The largest absolute Gasteiger partial charge is 0.507 e. The highest BCUT2D eigenvalue weighted by atomic mass is 79.9. The molecule has 0 aliphatic heterocycles. The van der Waals surface area contributed by atoms with Gasteiger partial charge in [-0.1, -0.05) is 58.1 Å². The van der Waals surface area contributed by atoms with Gasteiger partial charge in [-0.15, -0.1) is 0 Å². The van der Waals surface area contributed by atoms with Crippen molar-refractivity contribution in [2.45, 2.75) is 6.42 Å². The molecule has 0 spiro atoms. The van der Waals surface area contributed by atoms with Crippen molar-refractivity contribution in [3.05, 3.63) is 42.0 Å². The Balaban J connectivity index is 2.58. The van der Waals surface area contributed by atoms with Crippen LogP contribution in [0.25, 0.3) is 10.8 Å². The molecule has 0 aromatic heterocycles. The molecule has 1 nitrogen and oxygen atoms in total. The fourth-order valence-corrected chi connectivity index (χ4v) is 1.79. The summed E-state index contributed by atoms with van der Waals surface area (Å²) >= 11 is 3.33. The number of phenols is 1. The lowest BCUT2D eigenvalue weighted by molar-refractivity contribution is 0.474. The van der Waals surface area contributed by atoms with Crippen molar-refractivity contribution in [2.75, 3.05) is 5.33 Å². The second-order valence-corrected chi connectivity index (χ2v) is 4.21. The third kappa shape index (κ3) is 2.20. The first kappa shape index (κ1) is 11.0. The highest BCUT2D eigenvalue weighted by Crippen LogP contribution is 2.25. The van der Waals surface area contributed by atoms with Crippen LogP contribution in [0, 0.1) is 11.8 Å². The molecule has 0 amide bonds. The Hall–Kier alpha value is -1.46. The molecule has 0 fully saturated rings. The fourth-order valence-electron chi connectivity index (χ4n) is 1.59. The zero-order chi connectivity index (χ0) is 11.4. The molecule has 16 heavy (non-hydrogen) atoms. The zero-order valence-corrected chi connectivity index (χ0v) is 10.3. The predicted molar refractivity (Wildman–Crippen MR) is 70.9 cm³/mol. The van der Waals surface area contributed by atoms with Gasteiger partial charge in [-0.05, 0) is 11.5 Å². The Morgan fingerprint density at radius 3 is 2.75 bits per heavy atom. The fraction of sp³-hybridized carbons (Fsp3) is 0.143. The summed E-state index contributed by atoms with van der Waals surface area (Å²) in [4.78, 5) is 0. The summed E-state index contributed by atoms with van der Waals surface area (Å²) in [7, 11) is 0. The van der Waals surface area contributed by atoms with Crippen molar-refractivity contribution in [2.24, 2.45) is 0 Å². The van der Waals surface area contributed by atoms with Gasteiger partial charge >= 0.3 is 0 Å². The molecule has 0 bridgehead atoms. The minimum atomic E-state index is 0.251. The minimum Gasteiger partial charge on any atom is -0.507 e. The first-order chi connectivity index (χ1) is 7.83. The van der Waals surface area contributed by atoms with Crippen molar-refractivity contribution >= 4 is 26.7 Å². The number of phenolic OH excluding ortho intramolecular Hbond substituents is 1. The standard InChI is InChI=1S/C14H11BrO/c15-10-4-3-7-13-12-6-2-1-5-11(12)8-9-14(13)16/h1-2,5-6,8-9,16H,4,10H2. The average molecular weight is 275 g/mol. The molecule has 0 radical (unpaired) electrons. The molecule has 0 aliphatic carbocycles. The highest BCUT2D eigenvalue weighted by Gasteiger charge is 2.02. The van der Waals surface area contributed by atoms with Crippen LogP contribution in [0.3, 0.4) is 0 Å². The Kier molecular flexibility index (Phi) is 3.48. The first-order valence-electron chi connectivity index (χ1n) is 5.08. The van der Waals surface area contributed by atoms with Crippen LogP contribution in [-0.4, -0.2) is 10.4 Å². The second kappa shape index (κ2) is 5.05. The number of aromatic hydroxyl groups is 1. The number of hydrogen-bond acceptors (Lipinski definition) is 1. The third-order valence-corrected chi connectivity index (χ3v) is 2.74. The topological polar surface area (TPSA) is 20.2 Å². The molecule has 1 N–H and O–H groups in total. The molecule has 0 heterocycles. The first-order valence-corrected chi connectivity index (χ1v) is 6.20. The van der Waals surface area contributed by atoms with E-state index in [1.807, 2.05) is 30.3 Å². The van der Waals surface area contributed by atoms with Gasteiger partial charge in [-0.3, -0.25) is 0 Å². The van der Waals surface area contributed by atoms with Crippen LogP contribution in [-0.2, 0) is 0 Å². The number of rotatable bonds is 1. The van der Waals surface area contributed by atoms with Gasteiger partial charge in [0.05, 0.1) is 5.56 Å². The maximum Gasteiger partial charge on any atom is 0.131 e. The third-order valence-electron chi connectivity index (χ3n) is 2.34. The summed E-state index contributed by atoms with van der Waals surface area (Å²) < 4.78 is 0. The van der Waals surface area contributed by atoms with Crippen molar-refractivity contribution in [3.63, 3.8) is 0 Å². The van der Waals surface area contributed by atoms with Crippen LogP contribution in [0.2, 0.25) is 0 Å². The molecule has 0 unspecified atom stereocenters. The van der Waals surface area contributed by atoms with Crippen molar-refractivity contribution < 1.29 is 5.11 Å². The molecule has 80 valence electrons. The highest BCUT2D eigenvalue weighted by molar-refractivity contribution is 9.09. The zero-order valence-electron chi connectivity index (χ0n) is 8.70. The lowest BCUT2D eigenvalue weighted by Gasteiger charge is -2.02. The van der Waals surface area contributed by atoms with E-state index in [2.05, 4.69) is 27.8 Å². The van der Waals surface area contributed by atoms with E-state index in [1.54, 1.807) is 6.07 Å². The van der Waals surface area contributed by atoms with Crippen LogP contribution >= 0.6 is 15.9 Å². The Bertz CT molecular complexity index is 564. The average Bonchev–Trinajstić information content (AvgIpc) is 2.32. The summed E-state index contributed by atoms with van der Waals surface area (Å²) in [6.45, 7) is 0. The quantitative estimate of drug-likeness (QED) is 0.621. The van der Waals surface area contributed by atoms with Gasteiger partial charge in [-0.25, -0.2) is 0 Å². The molecule has 0 atom stereocenters. The monoisotopic (exact) mass is 274 g/mol. The molecule has 0 saturated carbocycles. The number of benzene rings is 2. The summed E-state index contributed by atoms with van der Waals surface area (Å²) in [6.07, 6.45) is 0.780. The second-order valence-electron chi connectivity index (χ2n) is 3.42. The molecule has 0 aliphatic rings. The van der Waals surface area contributed by atoms with Gasteiger partial charge in [0.15, 0.2) is 0 Å². The van der Waals surface area contributed by atoms with E-state index in [1.165, 1.54) is 0 Å². The maximum atomic E-state index is 9.79. The van der Waals surface area contributed by atoms with E-state index in [4.69, 9.17) is 0 Å². The van der Waals surface area contributed by atoms with Crippen LogP contribution in [0.1, 0.15) is 12.0 Å². The number of fused-ring (bicyclic) bond motifs is 1. The van der Waals surface area contributed by atoms with E-state index in [-0.39, 0.29) is 5.75 Å². The van der Waals surface area contributed by atoms with E-state index in [0.717, 1.165) is 28.1 Å². The molecular formula is C14H11BrO. The predicted octanol–water partition coefficient (Wildman–Crippen LogP) is 3.68. The molecule has 0 saturated heterocycles. The SMILES string of the molecule is Oc1ccc2ccccc2c1C#CCCBr. The van der Waals surface area contributed by atoms with Crippen LogP contribution in [0.4, 0.5) is 0 Å². The number of halogens is 1. The summed E-state index contributed by atoms with van der Waals surface area (Å²) in [5.74, 6) is 6.31. The van der Waals surface area contributed by atoms with Crippen LogP contribution < -0.4 is 0 Å². The van der Waals surface area contributed by atoms with Gasteiger partial charge in [0, 0.05) is 17.1 Å². The van der Waals surface area contributed by atoms with Crippen LogP contribution in [0.5, 0.6) is 5.75 Å². The lowest BCUT2D eigenvalue weighted by Crippen LogP contribution is -1.81. The molecule has 2 heteroatoms. The molecular weight excluding hydrogens is 264 g/mol. The van der Waals surface area contributed by atoms with Gasteiger partial charge in [0.1, 0.15) is 5.75 Å². The minimum absolute atomic E-state index is 0.251. The van der Waals surface area contributed by atoms with E-state index in [9.17, 15) is 5.11 Å². The van der Waals surface area contributed by atoms with Crippen molar-refractivity contribution in [1.82, 2.24) is 0 Å². The van der Waals surface area contributed by atoms with Gasteiger partial charge in [0.2, 0.25) is 0 Å². The van der Waals surface area contributed by atoms with Gasteiger partial charge in [-0.2, -0.15) is 0 Å². The van der Waals surface area contributed by atoms with E-state index < -0.39 is 0 Å². The van der Waals surface area contributed by atoms with Crippen molar-refractivity contribution in [1.29, 1.82) is 0 Å². The molecule has 2 rings (SSSR count). The van der Waals surface area contributed by atoms with Crippen molar-refractivity contribution in [3.8, 4) is 17.6 Å². The molecule has 2 aromatic rings. The smallest absolute Gasteiger partial charge is 0.131 e. The van der Waals surface area contributed by atoms with Crippen LogP contribution in [0.15, 0.2) is 36.4 Å². The van der Waals surface area contributed by atoms with E-state index in [0.29, 0.717) is 0 Å². The lowest BCUT2D eigenvalue weighted by atomic mass is 10.0. The Morgan fingerprint density at radius 2 is 1.94 bits per heavy atom. The normalized spacial score (nSPS) is 9.81.